The van der Waals surface area contributed by atoms with E-state index in [2.05, 4.69) is 13.5 Å². The van der Waals surface area contributed by atoms with Gasteiger partial charge in [-0.05, 0) is 18.9 Å². The third-order valence-electron chi connectivity index (χ3n) is 2.35. The molecule has 0 aliphatic carbocycles. The summed E-state index contributed by atoms with van der Waals surface area (Å²) in [7, 11) is 0. The molecule has 0 N–H and O–H groups in total. The van der Waals surface area contributed by atoms with Gasteiger partial charge in [0.2, 0.25) is 0 Å². The van der Waals surface area contributed by atoms with Gasteiger partial charge in [-0.3, -0.25) is 4.79 Å². The molecule has 0 aromatic rings. The van der Waals surface area contributed by atoms with Crippen molar-refractivity contribution in [3.05, 3.63) is 12.2 Å². The lowest BCUT2D eigenvalue weighted by molar-refractivity contribution is -0.119. The summed E-state index contributed by atoms with van der Waals surface area (Å²) in [6.45, 7) is 8.41. The Morgan fingerprint density at radius 2 is 1.73 bits per heavy atom. The Kier molecular flexibility index (Phi) is 9.49. The van der Waals surface area contributed by atoms with Crippen molar-refractivity contribution in [3.8, 4) is 0 Å². The highest BCUT2D eigenvalue weighted by Crippen LogP contribution is 2.04. The van der Waals surface area contributed by atoms with E-state index in [1.807, 2.05) is 0 Å². The molecule has 15 heavy (non-hydrogen) atoms. The van der Waals surface area contributed by atoms with Crippen molar-refractivity contribution in [2.75, 3.05) is 13.2 Å². The Labute approximate surface area is 93.7 Å². The molecule has 0 aliphatic heterocycles. The maximum atomic E-state index is 11.1. The van der Waals surface area contributed by atoms with Crippen LogP contribution in [0.5, 0.6) is 0 Å². The third-order valence-corrected chi connectivity index (χ3v) is 2.35. The molecule has 88 valence electrons. The van der Waals surface area contributed by atoms with Crippen LogP contribution in [0.15, 0.2) is 12.2 Å². The molecule has 0 bridgehead atoms. The zero-order valence-corrected chi connectivity index (χ0v) is 10.2. The first kappa shape index (κ1) is 14.4. The van der Waals surface area contributed by atoms with Crippen molar-refractivity contribution < 1.29 is 9.53 Å². The molecule has 0 unspecified atom stereocenters. The highest BCUT2D eigenvalue weighted by Gasteiger charge is 2.01. The molecular weight excluding hydrogens is 188 g/mol. The van der Waals surface area contributed by atoms with Gasteiger partial charge in [0.05, 0.1) is 0 Å². The Morgan fingerprint density at radius 3 is 2.33 bits per heavy atom. The van der Waals surface area contributed by atoms with Gasteiger partial charge in [-0.2, -0.15) is 0 Å². The van der Waals surface area contributed by atoms with Gasteiger partial charge < -0.3 is 4.74 Å². The van der Waals surface area contributed by atoms with Gasteiger partial charge in [-0.1, -0.05) is 45.6 Å². The zero-order valence-electron chi connectivity index (χ0n) is 10.2. The minimum atomic E-state index is 0.0148. The Bertz CT molecular complexity index is 185. The molecule has 0 amide bonds. The number of ketones is 1. The SMILES string of the molecule is C=C(C)C(=O)COCCCCCCCC. The van der Waals surface area contributed by atoms with Crippen LogP contribution in [0.25, 0.3) is 0 Å². The third kappa shape index (κ3) is 9.67. The van der Waals surface area contributed by atoms with E-state index < -0.39 is 0 Å². The largest absolute Gasteiger partial charge is 0.373 e. The van der Waals surface area contributed by atoms with Crippen LogP contribution in [-0.2, 0) is 9.53 Å². The summed E-state index contributed by atoms with van der Waals surface area (Å²) in [6.07, 6.45) is 7.49. The summed E-state index contributed by atoms with van der Waals surface area (Å²) in [4.78, 5) is 11.1. The van der Waals surface area contributed by atoms with E-state index in [1.165, 1.54) is 32.1 Å². The Hall–Kier alpha value is -0.630. The highest BCUT2D eigenvalue weighted by molar-refractivity contribution is 5.95. The topological polar surface area (TPSA) is 26.3 Å². The zero-order chi connectivity index (χ0) is 11.5. The van der Waals surface area contributed by atoms with Crippen LogP contribution in [0.3, 0.4) is 0 Å². The van der Waals surface area contributed by atoms with Crippen molar-refractivity contribution in [1.82, 2.24) is 0 Å². The molecule has 0 heterocycles. The first-order valence-electron chi connectivity index (χ1n) is 5.95. The van der Waals surface area contributed by atoms with Crippen molar-refractivity contribution in [2.45, 2.75) is 52.4 Å². The second-order valence-electron chi connectivity index (χ2n) is 4.02. The van der Waals surface area contributed by atoms with Gasteiger partial charge in [0.1, 0.15) is 6.61 Å². The normalized spacial score (nSPS) is 10.3. The highest BCUT2D eigenvalue weighted by atomic mass is 16.5. The Balaban J connectivity index is 3.11. The van der Waals surface area contributed by atoms with Gasteiger partial charge in [-0.25, -0.2) is 0 Å². The van der Waals surface area contributed by atoms with Crippen LogP contribution >= 0.6 is 0 Å². The summed E-state index contributed by atoms with van der Waals surface area (Å²) in [5, 5.41) is 0. The molecule has 0 rings (SSSR count). The van der Waals surface area contributed by atoms with Crippen molar-refractivity contribution >= 4 is 5.78 Å². The first-order valence-corrected chi connectivity index (χ1v) is 5.95. The molecule has 0 spiro atoms. The molecule has 0 aromatic carbocycles. The van der Waals surface area contributed by atoms with Gasteiger partial charge in [0.15, 0.2) is 5.78 Å². The van der Waals surface area contributed by atoms with E-state index in [9.17, 15) is 4.79 Å². The molecule has 0 radical (unpaired) electrons. The predicted octanol–water partition coefficient (Wildman–Crippen LogP) is 3.51. The van der Waals surface area contributed by atoms with Crippen LogP contribution in [0, 0.1) is 0 Å². The molecule has 0 fully saturated rings. The van der Waals surface area contributed by atoms with Crippen LogP contribution < -0.4 is 0 Å². The van der Waals surface area contributed by atoms with Crippen LogP contribution in [0.2, 0.25) is 0 Å². The smallest absolute Gasteiger partial charge is 0.183 e. The standard InChI is InChI=1S/C13H24O2/c1-4-5-6-7-8-9-10-15-11-13(14)12(2)3/h2,4-11H2,1,3H3. The molecule has 0 atom stereocenters. The van der Waals surface area contributed by atoms with Crippen LogP contribution in [0.4, 0.5) is 0 Å². The minimum Gasteiger partial charge on any atom is -0.373 e. The average Bonchev–Trinajstić information content (AvgIpc) is 2.21. The molecule has 0 saturated heterocycles. The van der Waals surface area contributed by atoms with E-state index in [-0.39, 0.29) is 12.4 Å². The average molecular weight is 212 g/mol. The molecular formula is C13H24O2. The number of hydrogen-bond acceptors (Lipinski definition) is 2. The monoisotopic (exact) mass is 212 g/mol. The Morgan fingerprint density at radius 1 is 1.13 bits per heavy atom. The molecule has 2 nitrogen and oxygen atoms in total. The van der Waals surface area contributed by atoms with Crippen molar-refractivity contribution in [1.29, 1.82) is 0 Å². The number of unbranched alkanes of at least 4 members (excludes halogenated alkanes) is 5. The first-order chi connectivity index (χ1) is 7.18. The quantitative estimate of drug-likeness (QED) is 0.409. The fraction of sp³-hybridized carbons (Fsp3) is 0.769. The second-order valence-corrected chi connectivity index (χ2v) is 4.02. The lowest BCUT2D eigenvalue weighted by Crippen LogP contribution is -2.09. The number of rotatable bonds is 10. The predicted molar refractivity (Wildman–Crippen MR) is 64.0 cm³/mol. The van der Waals surface area contributed by atoms with Gasteiger partial charge >= 0.3 is 0 Å². The molecule has 0 aliphatic rings. The summed E-state index contributed by atoms with van der Waals surface area (Å²) in [6, 6.07) is 0. The fourth-order valence-electron chi connectivity index (χ4n) is 1.27. The lowest BCUT2D eigenvalue weighted by Gasteiger charge is -2.03. The van der Waals surface area contributed by atoms with Crippen LogP contribution in [0.1, 0.15) is 52.4 Å². The van der Waals surface area contributed by atoms with Gasteiger partial charge in [-0.15, -0.1) is 0 Å². The van der Waals surface area contributed by atoms with Crippen molar-refractivity contribution in [3.63, 3.8) is 0 Å². The maximum absolute atomic E-state index is 11.1. The summed E-state index contributed by atoms with van der Waals surface area (Å²) in [5.41, 5.74) is 0.581. The van der Waals surface area contributed by atoms with Crippen LogP contribution in [-0.4, -0.2) is 19.0 Å². The van der Waals surface area contributed by atoms with Crippen molar-refractivity contribution in [2.24, 2.45) is 0 Å². The molecule has 0 saturated carbocycles. The minimum absolute atomic E-state index is 0.0148. The molecule has 0 aromatic heterocycles. The summed E-state index contributed by atoms with van der Waals surface area (Å²) in [5.74, 6) is 0.0148. The van der Waals surface area contributed by atoms with E-state index in [0.29, 0.717) is 12.2 Å². The number of hydrogen-bond donors (Lipinski definition) is 0. The maximum Gasteiger partial charge on any atom is 0.183 e. The summed E-state index contributed by atoms with van der Waals surface area (Å²) < 4.78 is 5.25. The fourth-order valence-corrected chi connectivity index (χ4v) is 1.27. The van der Waals surface area contributed by atoms with E-state index in [4.69, 9.17) is 4.74 Å². The van der Waals surface area contributed by atoms with E-state index >= 15 is 0 Å². The number of carbonyl (C=O) groups is 1. The lowest BCUT2D eigenvalue weighted by atomic mass is 10.1. The van der Waals surface area contributed by atoms with E-state index in [0.717, 1.165) is 6.42 Å². The second kappa shape index (κ2) is 9.91. The molecule has 2 heteroatoms. The number of ether oxygens (including phenoxy) is 1. The number of carbonyl (C=O) groups excluding carboxylic acids is 1. The summed E-state index contributed by atoms with van der Waals surface area (Å²) >= 11 is 0. The van der Waals surface area contributed by atoms with Gasteiger partial charge in [0, 0.05) is 6.61 Å². The van der Waals surface area contributed by atoms with Gasteiger partial charge in [0.25, 0.3) is 0 Å². The van der Waals surface area contributed by atoms with E-state index in [1.54, 1.807) is 6.92 Å². The number of Topliss-reactive ketones (excluding diaryl/α,β-unsaturated/α-hetero) is 1.